The van der Waals surface area contributed by atoms with E-state index in [-0.39, 0.29) is 10.6 Å². The SMILES string of the molecule is C/C(=N/NS(=O)(=O)c1ccc(C)cc1)c1ccc(OC(F)F)cc1. The summed E-state index contributed by atoms with van der Waals surface area (Å²) in [6.07, 6.45) is 0. The second-order valence-electron chi connectivity index (χ2n) is 5.01. The van der Waals surface area contributed by atoms with Gasteiger partial charge < -0.3 is 4.74 Å². The molecule has 0 fully saturated rings. The van der Waals surface area contributed by atoms with E-state index in [9.17, 15) is 17.2 Å². The number of hydrogen-bond acceptors (Lipinski definition) is 4. The average Bonchev–Trinajstić information content (AvgIpc) is 2.53. The zero-order valence-electron chi connectivity index (χ0n) is 13.0. The zero-order chi connectivity index (χ0) is 17.7. The molecule has 0 heterocycles. The van der Waals surface area contributed by atoms with Crippen molar-refractivity contribution in [1.82, 2.24) is 4.83 Å². The Morgan fingerprint density at radius 1 is 1.08 bits per heavy atom. The Labute approximate surface area is 139 Å². The highest BCUT2D eigenvalue weighted by Gasteiger charge is 2.12. The summed E-state index contributed by atoms with van der Waals surface area (Å²) >= 11 is 0. The molecule has 0 aromatic heterocycles. The van der Waals surface area contributed by atoms with Crippen molar-refractivity contribution in [2.24, 2.45) is 5.10 Å². The molecular formula is C16H16F2N2O3S. The first-order valence-corrected chi connectivity index (χ1v) is 8.44. The first-order valence-electron chi connectivity index (χ1n) is 6.96. The molecule has 24 heavy (non-hydrogen) atoms. The molecule has 5 nitrogen and oxygen atoms in total. The van der Waals surface area contributed by atoms with Crippen molar-refractivity contribution in [3.8, 4) is 5.75 Å². The lowest BCUT2D eigenvalue weighted by molar-refractivity contribution is -0.0498. The zero-order valence-corrected chi connectivity index (χ0v) is 13.8. The van der Waals surface area contributed by atoms with Crippen LogP contribution in [0.1, 0.15) is 18.1 Å². The van der Waals surface area contributed by atoms with E-state index >= 15 is 0 Å². The quantitative estimate of drug-likeness (QED) is 0.639. The maximum atomic E-state index is 12.1. The molecule has 0 spiro atoms. The standard InChI is InChI=1S/C16H16F2N2O3S/c1-11-3-9-15(10-4-11)24(21,22)20-19-12(2)13-5-7-14(8-6-13)23-16(17)18/h3-10,16,20H,1-2H3/b19-12-. The molecule has 1 N–H and O–H groups in total. The Kier molecular flexibility index (Phi) is 5.50. The predicted molar refractivity (Wildman–Crippen MR) is 86.8 cm³/mol. The van der Waals surface area contributed by atoms with Crippen molar-refractivity contribution < 1.29 is 21.9 Å². The summed E-state index contributed by atoms with van der Waals surface area (Å²) in [6, 6.07) is 12.1. The fourth-order valence-corrected chi connectivity index (χ4v) is 2.70. The van der Waals surface area contributed by atoms with Gasteiger partial charge in [-0.25, -0.2) is 0 Å². The maximum Gasteiger partial charge on any atom is 0.387 e. The van der Waals surface area contributed by atoms with Gasteiger partial charge in [-0.15, -0.1) is 0 Å². The first-order chi connectivity index (χ1) is 11.3. The number of ether oxygens (including phenoxy) is 1. The Morgan fingerprint density at radius 3 is 2.21 bits per heavy atom. The molecule has 0 aliphatic heterocycles. The van der Waals surface area contributed by atoms with Gasteiger partial charge in [-0.1, -0.05) is 17.7 Å². The number of hydrogen-bond donors (Lipinski definition) is 1. The van der Waals surface area contributed by atoms with Crippen LogP contribution in [0.25, 0.3) is 0 Å². The van der Waals surface area contributed by atoms with E-state index in [1.54, 1.807) is 19.1 Å². The van der Waals surface area contributed by atoms with Crippen LogP contribution >= 0.6 is 0 Å². The minimum Gasteiger partial charge on any atom is -0.435 e. The minimum absolute atomic E-state index is 0.0155. The van der Waals surface area contributed by atoms with Gasteiger partial charge in [0, 0.05) is 0 Å². The van der Waals surface area contributed by atoms with Gasteiger partial charge in [0.05, 0.1) is 10.6 Å². The van der Waals surface area contributed by atoms with Gasteiger partial charge in [0.15, 0.2) is 0 Å². The van der Waals surface area contributed by atoms with Crippen molar-refractivity contribution in [2.75, 3.05) is 0 Å². The molecular weight excluding hydrogens is 338 g/mol. The monoisotopic (exact) mass is 354 g/mol. The Bertz CT molecular complexity index is 817. The van der Waals surface area contributed by atoms with Crippen LogP contribution in [0.2, 0.25) is 0 Å². The van der Waals surface area contributed by atoms with Gasteiger partial charge in [-0.05, 0) is 55.8 Å². The van der Waals surface area contributed by atoms with Gasteiger partial charge in [0.25, 0.3) is 10.0 Å². The molecule has 0 bridgehead atoms. The van der Waals surface area contributed by atoms with Crippen molar-refractivity contribution in [1.29, 1.82) is 0 Å². The number of nitrogens with zero attached hydrogens (tertiary/aromatic N) is 1. The normalized spacial score (nSPS) is 12.3. The molecule has 0 radical (unpaired) electrons. The van der Waals surface area contributed by atoms with Crippen molar-refractivity contribution in [2.45, 2.75) is 25.4 Å². The third-order valence-corrected chi connectivity index (χ3v) is 4.39. The van der Waals surface area contributed by atoms with Crippen LogP contribution in [-0.4, -0.2) is 20.7 Å². The van der Waals surface area contributed by atoms with Crippen molar-refractivity contribution in [3.63, 3.8) is 0 Å². The van der Waals surface area contributed by atoms with Gasteiger partial charge >= 0.3 is 6.61 Å². The molecule has 2 rings (SSSR count). The van der Waals surface area contributed by atoms with Gasteiger partial charge in [-0.3, -0.25) is 0 Å². The maximum absolute atomic E-state index is 12.1. The predicted octanol–water partition coefficient (Wildman–Crippen LogP) is 3.30. The smallest absolute Gasteiger partial charge is 0.387 e. The summed E-state index contributed by atoms with van der Waals surface area (Å²) < 4.78 is 52.7. The van der Waals surface area contributed by atoms with Crippen LogP contribution in [0.3, 0.4) is 0 Å². The largest absolute Gasteiger partial charge is 0.435 e. The average molecular weight is 354 g/mol. The molecule has 128 valence electrons. The number of halogens is 2. The summed E-state index contributed by atoms with van der Waals surface area (Å²) in [5.74, 6) is 0.0155. The van der Waals surface area contributed by atoms with Crippen LogP contribution in [0.4, 0.5) is 8.78 Å². The third-order valence-electron chi connectivity index (χ3n) is 3.16. The van der Waals surface area contributed by atoms with Crippen molar-refractivity contribution >= 4 is 15.7 Å². The number of aryl methyl sites for hydroxylation is 1. The van der Waals surface area contributed by atoms with Crippen LogP contribution < -0.4 is 9.57 Å². The van der Waals surface area contributed by atoms with Crippen LogP contribution in [0.15, 0.2) is 58.5 Å². The minimum atomic E-state index is -3.77. The molecule has 2 aromatic carbocycles. The van der Waals surface area contributed by atoms with Gasteiger partial charge in [0.1, 0.15) is 5.75 Å². The van der Waals surface area contributed by atoms with E-state index in [4.69, 9.17) is 0 Å². The fourth-order valence-electron chi connectivity index (χ4n) is 1.84. The van der Waals surface area contributed by atoms with Crippen LogP contribution in [-0.2, 0) is 10.0 Å². The second-order valence-corrected chi connectivity index (χ2v) is 6.67. The summed E-state index contributed by atoms with van der Waals surface area (Å²) in [4.78, 5) is 2.25. The number of rotatable bonds is 6. The summed E-state index contributed by atoms with van der Waals surface area (Å²) in [5.41, 5.74) is 1.90. The van der Waals surface area contributed by atoms with Crippen LogP contribution in [0.5, 0.6) is 5.75 Å². The Hall–Kier alpha value is -2.48. The Morgan fingerprint density at radius 2 is 1.67 bits per heavy atom. The summed E-state index contributed by atoms with van der Waals surface area (Å²) in [6.45, 7) is 0.556. The van der Waals surface area contributed by atoms with Gasteiger partial charge in [-0.2, -0.15) is 27.1 Å². The van der Waals surface area contributed by atoms with E-state index in [0.717, 1.165) is 5.56 Å². The summed E-state index contributed by atoms with van der Waals surface area (Å²) in [7, 11) is -3.77. The van der Waals surface area contributed by atoms with E-state index < -0.39 is 16.6 Å². The lowest BCUT2D eigenvalue weighted by Crippen LogP contribution is -2.20. The summed E-state index contributed by atoms with van der Waals surface area (Å²) in [5, 5.41) is 3.85. The number of benzene rings is 2. The molecule has 2 aromatic rings. The molecule has 0 aliphatic rings. The fraction of sp³-hybridized carbons (Fsp3) is 0.188. The van der Waals surface area contributed by atoms with Crippen LogP contribution in [0, 0.1) is 6.92 Å². The molecule has 0 atom stereocenters. The van der Waals surface area contributed by atoms with E-state index in [1.807, 2.05) is 6.92 Å². The first kappa shape index (κ1) is 17.9. The molecule has 0 unspecified atom stereocenters. The lowest BCUT2D eigenvalue weighted by atomic mass is 10.1. The highest BCUT2D eigenvalue weighted by atomic mass is 32.2. The molecule has 0 saturated carbocycles. The molecule has 0 aliphatic carbocycles. The second kappa shape index (κ2) is 7.39. The number of alkyl halides is 2. The van der Waals surface area contributed by atoms with E-state index in [2.05, 4.69) is 14.7 Å². The highest BCUT2D eigenvalue weighted by molar-refractivity contribution is 7.89. The number of sulfonamides is 1. The molecule has 0 saturated heterocycles. The van der Waals surface area contributed by atoms with Gasteiger partial charge in [0.2, 0.25) is 0 Å². The topological polar surface area (TPSA) is 67.8 Å². The third kappa shape index (κ3) is 4.76. The van der Waals surface area contributed by atoms with E-state index in [1.165, 1.54) is 36.4 Å². The molecule has 0 amide bonds. The molecule has 8 heteroatoms. The Balaban J connectivity index is 2.11. The lowest BCUT2D eigenvalue weighted by Gasteiger charge is -2.07. The number of hydrazone groups is 1. The van der Waals surface area contributed by atoms with Crippen molar-refractivity contribution in [3.05, 3.63) is 59.7 Å². The number of nitrogens with one attached hydrogen (secondary N) is 1. The highest BCUT2D eigenvalue weighted by Crippen LogP contribution is 2.15. The van der Waals surface area contributed by atoms with E-state index in [0.29, 0.717) is 11.3 Å².